The highest BCUT2D eigenvalue weighted by Gasteiger charge is 2.24. The van der Waals surface area contributed by atoms with Crippen molar-refractivity contribution in [1.29, 1.82) is 0 Å². The van der Waals surface area contributed by atoms with Crippen molar-refractivity contribution in [2.24, 2.45) is 5.92 Å². The molecule has 1 aromatic heterocycles. The third kappa shape index (κ3) is 3.23. The molecule has 0 aliphatic carbocycles. The summed E-state index contributed by atoms with van der Waals surface area (Å²) in [5, 5.41) is 6.72. The maximum atomic E-state index is 12.2. The van der Waals surface area contributed by atoms with E-state index < -0.39 is 0 Å². The van der Waals surface area contributed by atoms with Gasteiger partial charge in [-0.2, -0.15) is 4.98 Å². The lowest BCUT2D eigenvalue weighted by atomic mass is 10.0. The first-order valence-electron chi connectivity index (χ1n) is 6.65. The molecule has 0 spiro atoms. The monoisotopic (exact) mass is 273 g/mol. The van der Waals surface area contributed by atoms with Crippen molar-refractivity contribution in [3.63, 3.8) is 0 Å². The fraction of sp³-hybridized carbons (Fsp3) is 0.400. The van der Waals surface area contributed by atoms with Crippen molar-refractivity contribution in [3.8, 4) is 0 Å². The molecule has 5 heteroatoms. The largest absolute Gasteiger partial charge is 0.340 e. The molecule has 0 unspecified atom stereocenters. The van der Waals surface area contributed by atoms with Crippen molar-refractivity contribution >= 4 is 5.91 Å². The van der Waals surface area contributed by atoms with Crippen LogP contribution in [0.3, 0.4) is 0 Å². The van der Waals surface area contributed by atoms with Crippen LogP contribution < -0.4 is 5.32 Å². The highest BCUT2D eigenvalue weighted by molar-refractivity contribution is 5.94. The number of carbonyl (C=O) groups excluding carboxylic acids is 1. The van der Waals surface area contributed by atoms with Crippen molar-refractivity contribution < 1.29 is 9.32 Å². The molecule has 0 aliphatic rings. The predicted octanol–water partition coefficient (Wildman–Crippen LogP) is 2.81. The Balaban J connectivity index is 2.16. The molecule has 20 heavy (non-hydrogen) atoms. The Labute approximate surface area is 118 Å². The van der Waals surface area contributed by atoms with Crippen LogP contribution in [0.2, 0.25) is 0 Å². The molecule has 0 aliphatic heterocycles. The van der Waals surface area contributed by atoms with Gasteiger partial charge < -0.3 is 9.84 Å². The number of aromatic nitrogens is 2. The number of hydrogen-bond donors (Lipinski definition) is 1. The molecule has 1 N–H and O–H groups in total. The van der Waals surface area contributed by atoms with Gasteiger partial charge in [0.25, 0.3) is 5.91 Å². The quantitative estimate of drug-likeness (QED) is 0.930. The van der Waals surface area contributed by atoms with Crippen LogP contribution in [0.5, 0.6) is 0 Å². The first-order valence-corrected chi connectivity index (χ1v) is 6.65. The van der Waals surface area contributed by atoms with E-state index in [9.17, 15) is 4.79 Å². The zero-order valence-electron chi connectivity index (χ0n) is 12.2. The fourth-order valence-corrected chi connectivity index (χ4v) is 1.88. The number of amides is 1. The van der Waals surface area contributed by atoms with Crippen LogP contribution in [0.25, 0.3) is 0 Å². The zero-order valence-corrected chi connectivity index (χ0v) is 12.2. The summed E-state index contributed by atoms with van der Waals surface area (Å²) in [5.41, 5.74) is 1.74. The minimum atomic E-state index is -0.287. The molecule has 1 atom stereocenters. The van der Waals surface area contributed by atoms with E-state index in [0.29, 0.717) is 17.3 Å². The Hall–Kier alpha value is -2.17. The lowest BCUT2D eigenvalue weighted by Gasteiger charge is -2.18. The number of nitrogens with zero attached hydrogens (tertiary/aromatic N) is 2. The molecule has 0 saturated carbocycles. The summed E-state index contributed by atoms with van der Waals surface area (Å²) in [6, 6.07) is 7.15. The van der Waals surface area contributed by atoms with Crippen LogP contribution in [0, 0.1) is 19.8 Å². The van der Waals surface area contributed by atoms with Crippen molar-refractivity contribution in [2.75, 3.05) is 0 Å². The molecule has 2 aromatic rings. The predicted molar refractivity (Wildman–Crippen MR) is 75.3 cm³/mol. The summed E-state index contributed by atoms with van der Waals surface area (Å²) in [4.78, 5) is 16.5. The van der Waals surface area contributed by atoms with E-state index in [-0.39, 0.29) is 17.9 Å². The second-order valence-electron chi connectivity index (χ2n) is 5.24. The average molecular weight is 273 g/mol. The summed E-state index contributed by atoms with van der Waals surface area (Å²) in [7, 11) is 0. The Morgan fingerprint density at radius 2 is 1.85 bits per heavy atom. The number of benzene rings is 1. The van der Waals surface area contributed by atoms with Gasteiger partial charge in [0.2, 0.25) is 5.89 Å². The topological polar surface area (TPSA) is 68.0 Å². The summed E-state index contributed by atoms with van der Waals surface area (Å²) < 4.78 is 5.17. The maximum absolute atomic E-state index is 12.2. The first kappa shape index (κ1) is 14.2. The second kappa shape index (κ2) is 5.86. The zero-order chi connectivity index (χ0) is 14.7. The summed E-state index contributed by atoms with van der Waals surface area (Å²) >= 11 is 0. The van der Waals surface area contributed by atoms with Crippen LogP contribution in [0.4, 0.5) is 0 Å². The van der Waals surface area contributed by atoms with E-state index in [1.807, 2.05) is 32.9 Å². The standard InChI is InChI=1S/C15H19N3O2/c1-9(2)13(15-16-11(4)18-20-15)17-14(19)12-7-5-10(3)6-8-12/h5-9,13H,1-4H3,(H,17,19)/t13-/m0/s1. The Morgan fingerprint density at radius 3 is 2.35 bits per heavy atom. The van der Waals surface area contributed by atoms with Gasteiger partial charge in [-0.3, -0.25) is 4.79 Å². The average Bonchev–Trinajstić information content (AvgIpc) is 2.82. The number of rotatable bonds is 4. The highest BCUT2D eigenvalue weighted by Crippen LogP contribution is 2.20. The number of aryl methyl sites for hydroxylation is 2. The first-order chi connectivity index (χ1) is 9.47. The molecule has 1 aromatic carbocycles. The van der Waals surface area contributed by atoms with Crippen LogP contribution in [-0.2, 0) is 0 Å². The van der Waals surface area contributed by atoms with E-state index in [2.05, 4.69) is 15.5 Å². The normalized spacial score (nSPS) is 12.4. The Kier molecular flexibility index (Phi) is 4.17. The third-order valence-electron chi connectivity index (χ3n) is 3.08. The van der Waals surface area contributed by atoms with E-state index in [4.69, 9.17) is 4.52 Å². The van der Waals surface area contributed by atoms with Crippen LogP contribution in [0.15, 0.2) is 28.8 Å². The molecule has 1 heterocycles. The molecule has 0 radical (unpaired) electrons. The van der Waals surface area contributed by atoms with E-state index in [1.54, 1.807) is 19.1 Å². The highest BCUT2D eigenvalue weighted by atomic mass is 16.5. The van der Waals surface area contributed by atoms with E-state index >= 15 is 0 Å². The van der Waals surface area contributed by atoms with E-state index in [1.165, 1.54) is 0 Å². The molecule has 0 saturated heterocycles. The van der Waals surface area contributed by atoms with Crippen molar-refractivity contribution in [3.05, 3.63) is 47.1 Å². The molecule has 2 rings (SSSR count). The van der Waals surface area contributed by atoms with Crippen molar-refractivity contribution in [2.45, 2.75) is 33.7 Å². The number of hydrogen-bond acceptors (Lipinski definition) is 4. The van der Waals surface area contributed by atoms with Gasteiger partial charge >= 0.3 is 0 Å². The van der Waals surface area contributed by atoms with Gasteiger partial charge in [-0.25, -0.2) is 0 Å². The van der Waals surface area contributed by atoms with Crippen LogP contribution in [0.1, 0.15) is 47.5 Å². The lowest BCUT2D eigenvalue weighted by Crippen LogP contribution is -2.32. The second-order valence-corrected chi connectivity index (χ2v) is 5.24. The number of carbonyl (C=O) groups is 1. The van der Waals surface area contributed by atoms with E-state index in [0.717, 1.165) is 5.56 Å². The van der Waals surface area contributed by atoms with Gasteiger partial charge in [0, 0.05) is 5.56 Å². The lowest BCUT2D eigenvalue weighted by molar-refractivity contribution is 0.0914. The summed E-state index contributed by atoms with van der Waals surface area (Å²) in [5.74, 6) is 1.02. The Bertz CT molecular complexity index is 587. The SMILES string of the molecule is Cc1ccc(C(=O)N[C@H](c2nc(C)no2)C(C)C)cc1. The summed E-state index contributed by atoms with van der Waals surface area (Å²) in [6.07, 6.45) is 0. The molecule has 5 nitrogen and oxygen atoms in total. The molecular weight excluding hydrogens is 254 g/mol. The third-order valence-corrected chi connectivity index (χ3v) is 3.08. The van der Waals surface area contributed by atoms with Gasteiger partial charge in [-0.05, 0) is 31.9 Å². The van der Waals surface area contributed by atoms with Crippen LogP contribution in [-0.4, -0.2) is 16.0 Å². The maximum Gasteiger partial charge on any atom is 0.251 e. The Morgan fingerprint density at radius 1 is 1.20 bits per heavy atom. The molecule has 0 fully saturated rings. The fourth-order valence-electron chi connectivity index (χ4n) is 1.88. The van der Waals surface area contributed by atoms with Gasteiger partial charge in [0.1, 0.15) is 6.04 Å². The smallest absolute Gasteiger partial charge is 0.251 e. The van der Waals surface area contributed by atoms with Crippen LogP contribution >= 0.6 is 0 Å². The summed E-state index contributed by atoms with van der Waals surface area (Å²) in [6.45, 7) is 7.74. The minimum Gasteiger partial charge on any atom is -0.340 e. The molecular formula is C15H19N3O2. The molecule has 106 valence electrons. The molecule has 0 bridgehead atoms. The van der Waals surface area contributed by atoms with Gasteiger partial charge in [0.05, 0.1) is 0 Å². The number of nitrogens with one attached hydrogen (secondary N) is 1. The van der Waals surface area contributed by atoms with Gasteiger partial charge in [-0.1, -0.05) is 36.7 Å². The minimum absolute atomic E-state index is 0.139. The van der Waals surface area contributed by atoms with Gasteiger partial charge in [-0.15, -0.1) is 0 Å². The van der Waals surface area contributed by atoms with Gasteiger partial charge in [0.15, 0.2) is 5.82 Å². The van der Waals surface area contributed by atoms with Crippen molar-refractivity contribution in [1.82, 2.24) is 15.5 Å². The molecule has 1 amide bonds.